The van der Waals surface area contributed by atoms with Gasteiger partial charge in [0.25, 0.3) is 0 Å². The van der Waals surface area contributed by atoms with Gasteiger partial charge in [0.15, 0.2) is 17.5 Å². The minimum atomic E-state index is -2.90. The van der Waals surface area contributed by atoms with Crippen LogP contribution in [0.2, 0.25) is 0 Å². The molecule has 0 amide bonds. The summed E-state index contributed by atoms with van der Waals surface area (Å²) in [4.78, 5) is 17.7. The first kappa shape index (κ1) is 22.5. The maximum Gasteiger partial charge on any atom is 0.387 e. The molecule has 1 aromatic heterocycles. The average Bonchev–Trinajstić information content (AvgIpc) is 2.79. The average molecular weight is 434 g/mol. The molecule has 1 aliphatic heterocycles. The van der Waals surface area contributed by atoms with Crippen LogP contribution < -0.4 is 19.7 Å². The molecule has 0 aliphatic carbocycles. The number of guanidine groups is 1. The lowest BCUT2D eigenvalue weighted by molar-refractivity contribution is -0.0512. The molecule has 1 N–H and O–H groups in total. The number of piperazine rings is 1. The molecular weight excluding hydrogens is 406 g/mol. The number of halogens is 2. The quantitative estimate of drug-likeness (QED) is 0.505. The molecule has 0 spiro atoms. The van der Waals surface area contributed by atoms with Crippen LogP contribution in [0.1, 0.15) is 12.5 Å². The van der Waals surface area contributed by atoms with Gasteiger partial charge in [-0.1, -0.05) is 6.07 Å². The van der Waals surface area contributed by atoms with E-state index in [2.05, 4.69) is 29.8 Å². The Hall–Kier alpha value is -3.17. The van der Waals surface area contributed by atoms with Crippen molar-refractivity contribution in [3.05, 3.63) is 42.2 Å². The Bertz CT molecular complexity index is 845. The molecule has 8 nitrogen and oxygen atoms in total. The molecule has 168 valence electrons. The lowest BCUT2D eigenvalue weighted by atomic mass is 10.1. The van der Waals surface area contributed by atoms with Crippen LogP contribution in [0, 0.1) is 0 Å². The zero-order chi connectivity index (χ0) is 22.1. The standard InChI is InChI=1S/C21H28F2N6O2/c1-3-24-20(28-11-13-29(14-12-28)21-25-8-4-9-26-21)27-10-7-16-5-6-17(30-2)18(15-16)31-19(22)23/h4-6,8-9,15,19H,3,7,10-14H2,1-2H3,(H,24,27). The summed E-state index contributed by atoms with van der Waals surface area (Å²) >= 11 is 0. The molecule has 0 saturated carbocycles. The molecule has 1 saturated heterocycles. The summed E-state index contributed by atoms with van der Waals surface area (Å²) in [6, 6.07) is 6.85. The topological polar surface area (TPSA) is 75.1 Å². The number of nitrogens with one attached hydrogen (secondary N) is 1. The van der Waals surface area contributed by atoms with Gasteiger partial charge in [-0.15, -0.1) is 0 Å². The molecule has 0 radical (unpaired) electrons. The highest BCUT2D eigenvalue weighted by atomic mass is 19.3. The van der Waals surface area contributed by atoms with Crippen LogP contribution in [0.25, 0.3) is 0 Å². The summed E-state index contributed by atoms with van der Waals surface area (Å²) in [5.74, 6) is 1.89. The Morgan fingerprint density at radius 1 is 1.16 bits per heavy atom. The number of benzene rings is 1. The van der Waals surface area contributed by atoms with Crippen LogP contribution in [0.3, 0.4) is 0 Å². The molecule has 2 heterocycles. The zero-order valence-corrected chi connectivity index (χ0v) is 17.8. The maximum absolute atomic E-state index is 12.6. The van der Waals surface area contributed by atoms with Gasteiger partial charge in [0, 0.05) is 51.7 Å². The number of rotatable bonds is 8. The van der Waals surface area contributed by atoms with E-state index < -0.39 is 6.61 Å². The van der Waals surface area contributed by atoms with Gasteiger partial charge in [0.1, 0.15) is 0 Å². The largest absolute Gasteiger partial charge is 0.493 e. The van der Waals surface area contributed by atoms with Crippen molar-refractivity contribution in [2.24, 2.45) is 4.99 Å². The smallest absolute Gasteiger partial charge is 0.387 e. The summed E-state index contributed by atoms with van der Waals surface area (Å²) in [6.07, 6.45) is 4.09. The van der Waals surface area contributed by atoms with Crippen molar-refractivity contribution in [2.45, 2.75) is 20.0 Å². The Labute approximate surface area is 180 Å². The highest BCUT2D eigenvalue weighted by Gasteiger charge is 2.21. The van der Waals surface area contributed by atoms with Gasteiger partial charge < -0.3 is 24.6 Å². The van der Waals surface area contributed by atoms with Gasteiger partial charge >= 0.3 is 6.61 Å². The molecule has 10 heteroatoms. The minimum absolute atomic E-state index is 0.0325. The highest BCUT2D eigenvalue weighted by Crippen LogP contribution is 2.29. The van der Waals surface area contributed by atoms with Crippen molar-refractivity contribution in [1.82, 2.24) is 20.2 Å². The van der Waals surface area contributed by atoms with Crippen LogP contribution >= 0.6 is 0 Å². The zero-order valence-electron chi connectivity index (χ0n) is 17.8. The lowest BCUT2D eigenvalue weighted by Gasteiger charge is -2.36. The number of anilines is 1. The number of aromatic nitrogens is 2. The number of alkyl halides is 2. The van der Waals surface area contributed by atoms with E-state index in [-0.39, 0.29) is 11.5 Å². The second-order valence-electron chi connectivity index (χ2n) is 6.87. The van der Waals surface area contributed by atoms with E-state index in [1.54, 1.807) is 30.6 Å². The monoisotopic (exact) mass is 434 g/mol. The molecule has 2 aromatic rings. The lowest BCUT2D eigenvalue weighted by Crippen LogP contribution is -2.53. The predicted molar refractivity (Wildman–Crippen MR) is 115 cm³/mol. The van der Waals surface area contributed by atoms with Crippen LogP contribution in [-0.2, 0) is 6.42 Å². The van der Waals surface area contributed by atoms with E-state index in [4.69, 9.17) is 9.73 Å². The fraction of sp³-hybridized carbons (Fsp3) is 0.476. The van der Waals surface area contributed by atoms with Crippen molar-refractivity contribution < 1.29 is 18.3 Å². The third kappa shape index (κ3) is 6.40. The molecule has 1 aliphatic rings. The summed E-state index contributed by atoms with van der Waals surface area (Å²) in [6.45, 7) is 3.63. The number of aliphatic imine (C=N–C) groups is 1. The molecular formula is C21H28F2N6O2. The van der Waals surface area contributed by atoms with Crippen LogP contribution in [0.5, 0.6) is 11.5 Å². The molecule has 3 rings (SSSR count). The van der Waals surface area contributed by atoms with E-state index in [0.29, 0.717) is 13.0 Å². The summed E-state index contributed by atoms with van der Waals surface area (Å²) < 4.78 is 34.9. The number of hydrogen-bond donors (Lipinski definition) is 1. The van der Waals surface area contributed by atoms with E-state index in [1.165, 1.54) is 7.11 Å². The third-order valence-corrected chi connectivity index (χ3v) is 4.86. The van der Waals surface area contributed by atoms with Gasteiger partial charge in [-0.05, 0) is 37.1 Å². The fourth-order valence-corrected chi connectivity index (χ4v) is 3.35. The van der Waals surface area contributed by atoms with Crippen LogP contribution in [0.4, 0.5) is 14.7 Å². The van der Waals surface area contributed by atoms with E-state index in [9.17, 15) is 8.78 Å². The molecule has 1 aromatic carbocycles. The predicted octanol–water partition coefficient (Wildman–Crippen LogP) is 2.42. The van der Waals surface area contributed by atoms with Gasteiger partial charge in [0.2, 0.25) is 5.95 Å². The molecule has 0 unspecified atom stereocenters. The van der Waals surface area contributed by atoms with Gasteiger partial charge in [-0.3, -0.25) is 4.99 Å². The van der Waals surface area contributed by atoms with Gasteiger partial charge in [-0.2, -0.15) is 8.78 Å². The van der Waals surface area contributed by atoms with Crippen LogP contribution in [0.15, 0.2) is 41.7 Å². The summed E-state index contributed by atoms with van der Waals surface area (Å²) in [5.41, 5.74) is 0.849. The first-order valence-electron chi connectivity index (χ1n) is 10.3. The Morgan fingerprint density at radius 2 is 1.90 bits per heavy atom. The number of hydrogen-bond acceptors (Lipinski definition) is 6. The van der Waals surface area contributed by atoms with Gasteiger partial charge in [0.05, 0.1) is 7.11 Å². The van der Waals surface area contributed by atoms with Crippen molar-refractivity contribution in [1.29, 1.82) is 0 Å². The second-order valence-corrected chi connectivity index (χ2v) is 6.87. The summed E-state index contributed by atoms with van der Waals surface area (Å²) in [7, 11) is 1.42. The molecule has 31 heavy (non-hydrogen) atoms. The number of nitrogens with zero attached hydrogens (tertiary/aromatic N) is 5. The fourth-order valence-electron chi connectivity index (χ4n) is 3.35. The van der Waals surface area contributed by atoms with Crippen molar-refractivity contribution in [3.63, 3.8) is 0 Å². The van der Waals surface area contributed by atoms with Crippen molar-refractivity contribution in [2.75, 3.05) is 51.3 Å². The molecule has 1 fully saturated rings. The Balaban J connectivity index is 1.59. The summed E-state index contributed by atoms with van der Waals surface area (Å²) in [5, 5.41) is 3.33. The first-order chi connectivity index (χ1) is 15.1. The van der Waals surface area contributed by atoms with Crippen LogP contribution in [-0.4, -0.2) is 73.8 Å². The second kappa shape index (κ2) is 11.3. The molecule has 0 atom stereocenters. The van der Waals surface area contributed by atoms with Gasteiger partial charge in [-0.25, -0.2) is 9.97 Å². The Kier molecular flexibility index (Phi) is 8.19. The minimum Gasteiger partial charge on any atom is -0.493 e. The number of methoxy groups -OCH3 is 1. The maximum atomic E-state index is 12.6. The highest BCUT2D eigenvalue weighted by molar-refractivity contribution is 5.80. The van der Waals surface area contributed by atoms with Crippen molar-refractivity contribution in [3.8, 4) is 11.5 Å². The Morgan fingerprint density at radius 3 is 2.55 bits per heavy atom. The van der Waals surface area contributed by atoms with E-state index >= 15 is 0 Å². The first-order valence-corrected chi connectivity index (χ1v) is 10.3. The SMILES string of the molecule is CCNC(=NCCc1ccc(OC)c(OC(F)F)c1)N1CCN(c2ncccn2)CC1. The van der Waals surface area contributed by atoms with E-state index in [1.807, 2.05) is 13.0 Å². The number of ether oxygens (including phenoxy) is 2. The normalized spacial score (nSPS) is 14.7. The third-order valence-electron chi connectivity index (χ3n) is 4.86. The van der Waals surface area contributed by atoms with Crippen molar-refractivity contribution >= 4 is 11.9 Å². The molecule has 0 bridgehead atoms. The van der Waals surface area contributed by atoms with E-state index in [0.717, 1.165) is 50.2 Å².